The molecule has 0 unspecified atom stereocenters. The largest absolute Gasteiger partial charge is 0.374 e. The van der Waals surface area contributed by atoms with Crippen LogP contribution < -0.4 is 0 Å². The molecule has 0 amide bonds. The highest BCUT2D eigenvalue weighted by Gasteiger charge is 2.45. The fraction of sp³-hybridized carbons (Fsp3) is 0.650. The zero-order valence-corrected chi connectivity index (χ0v) is 16.9. The van der Waals surface area contributed by atoms with Gasteiger partial charge >= 0.3 is 0 Å². The SMILES string of the molecule is C[C@@H]1[C@@H](CS(=O)(=O)c2ccccc2)[C@H](CC=O)O[C@@H]1C[C@H]1COC(C)(C)O1. The number of ether oxygens (including phenoxy) is 3. The van der Waals surface area contributed by atoms with Gasteiger partial charge in [-0.05, 0) is 31.9 Å². The van der Waals surface area contributed by atoms with E-state index in [1.54, 1.807) is 30.3 Å². The van der Waals surface area contributed by atoms with Gasteiger partial charge in [0.1, 0.15) is 6.29 Å². The van der Waals surface area contributed by atoms with Crippen molar-refractivity contribution in [3.05, 3.63) is 30.3 Å². The number of rotatable bonds is 7. The molecule has 2 aliphatic heterocycles. The maximum absolute atomic E-state index is 12.8. The average Bonchev–Trinajstić information content (AvgIpc) is 3.10. The Morgan fingerprint density at radius 3 is 2.48 bits per heavy atom. The first kappa shape index (κ1) is 20.5. The van der Waals surface area contributed by atoms with Crippen LogP contribution in [-0.2, 0) is 28.8 Å². The van der Waals surface area contributed by atoms with E-state index in [0.29, 0.717) is 17.9 Å². The Morgan fingerprint density at radius 1 is 1.19 bits per heavy atom. The van der Waals surface area contributed by atoms with Crippen molar-refractivity contribution in [3.63, 3.8) is 0 Å². The number of aldehydes is 1. The molecule has 2 saturated heterocycles. The lowest BCUT2D eigenvalue weighted by molar-refractivity contribution is -0.142. The maximum atomic E-state index is 12.8. The van der Waals surface area contributed by atoms with Gasteiger partial charge in [-0.25, -0.2) is 8.42 Å². The van der Waals surface area contributed by atoms with Gasteiger partial charge in [0.05, 0.1) is 35.6 Å². The molecule has 150 valence electrons. The summed E-state index contributed by atoms with van der Waals surface area (Å²) in [5.74, 6) is -0.868. The Labute approximate surface area is 161 Å². The lowest BCUT2D eigenvalue weighted by Crippen LogP contribution is -2.29. The molecule has 0 spiro atoms. The fourth-order valence-electron chi connectivity index (χ4n) is 4.03. The first-order chi connectivity index (χ1) is 12.7. The van der Waals surface area contributed by atoms with E-state index in [1.807, 2.05) is 20.8 Å². The summed E-state index contributed by atoms with van der Waals surface area (Å²) in [6.07, 6.45) is 0.990. The first-order valence-corrected chi connectivity index (χ1v) is 11.1. The van der Waals surface area contributed by atoms with Crippen LogP contribution in [0.1, 0.15) is 33.6 Å². The summed E-state index contributed by atoms with van der Waals surface area (Å²) in [6, 6.07) is 8.43. The van der Waals surface area contributed by atoms with Gasteiger partial charge in [-0.3, -0.25) is 0 Å². The van der Waals surface area contributed by atoms with Crippen molar-refractivity contribution in [2.24, 2.45) is 11.8 Å². The molecule has 0 aliphatic carbocycles. The van der Waals surface area contributed by atoms with Crippen LogP contribution in [0.5, 0.6) is 0 Å². The van der Waals surface area contributed by atoms with Crippen molar-refractivity contribution in [1.29, 1.82) is 0 Å². The molecule has 2 heterocycles. The van der Waals surface area contributed by atoms with Crippen LogP contribution in [0, 0.1) is 11.8 Å². The van der Waals surface area contributed by atoms with Gasteiger partial charge in [-0.1, -0.05) is 25.1 Å². The van der Waals surface area contributed by atoms with Crippen molar-refractivity contribution < 1.29 is 27.4 Å². The minimum atomic E-state index is -3.45. The summed E-state index contributed by atoms with van der Waals surface area (Å²) in [5, 5.41) is 0. The molecule has 3 rings (SSSR count). The number of hydrogen-bond donors (Lipinski definition) is 0. The standard InChI is InChI=1S/C20H28O6S/c1-14-17(13-27(22,23)16-7-5-4-6-8-16)18(9-10-21)25-19(14)11-15-12-24-20(2,3)26-15/h4-8,10,14-15,17-19H,9,11-13H2,1-3H3/t14-,15+,17-,18+,19-/m1/s1. The highest BCUT2D eigenvalue weighted by Crippen LogP contribution is 2.39. The molecule has 6 nitrogen and oxygen atoms in total. The second kappa shape index (κ2) is 7.99. The molecule has 7 heteroatoms. The van der Waals surface area contributed by atoms with E-state index < -0.39 is 21.7 Å². The zero-order valence-electron chi connectivity index (χ0n) is 16.0. The van der Waals surface area contributed by atoms with E-state index in [0.717, 1.165) is 6.29 Å². The highest BCUT2D eigenvalue weighted by atomic mass is 32.2. The van der Waals surface area contributed by atoms with Crippen LogP contribution in [0.2, 0.25) is 0 Å². The van der Waals surface area contributed by atoms with Crippen molar-refractivity contribution >= 4 is 16.1 Å². The Kier molecular flexibility index (Phi) is 6.05. The Hall–Kier alpha value is -1.28. The summed E-state index contributed by atoms with van der Waals surface area (Å²) in [7, 11) is -3.45. The molecule has 0 saturated carbocycles. The maximum Gasteiger partial charge on any atom is 0.178 e. The Balaban J connectivity index is 1.72. The number of benzene rings is 1. The van der Waals surface area contributed by atoms with Crippen LogP contribution in [0.15, 0.2) is 35.2 Å². The molecule has 2 fully saturated rings. The Morgan fingerprint density at radius 2 is 1.89 bits per heavy atom. The minimum Gasteiger partial charge on any atom is -0.374 e. The van der Waals surface area contributed by atoms with Gasteiger partial charge < -0.3 is 19.0 Å². The van der Waals surface area contributed by atoms with Gasteiger partial charge in [0, 0.05) is 18.8 Å². The second-order valence-corrected chi connectivity index (χ2v) is 9.95. The van der Waals surface area contributed by atoms with Gasteiger partial charge in [0.2, 0.25) is 0 Å². The first-order valence-electron chi connectivity index (χ1n) is 9.40. The summed E-state index contributed by atoms with van der Waals surface area (Å²) < 4.78 is 43.2. The molecular weight excluding hydrogens is 368 g/mol. The van der Waals surface area contributed by atoms with Crippen molar-refractivity contribution in [1.82, 2.24) is 0 Å². The van der Waals surface area contributed by atoms with Gasteiger partial charge in [0.15, 0.2) is 15.6 Å². The molecule has 0 radical (unpaired) electrons. The molecule has 1 aromatic rings. The summed E-state index contributed by atoms with van der Waals surface area (Å²) >= 11 is 0. The zero-order chi connectivity index (χ0) is 19.7. The summed E-state index contributed by atoms with van der Waals surface area (Å²) in [5.41, 5.74) is 0. The molecule has 5 atom stereocenters. The smallest absolute Gasteiger partial charge is 0.178 e. The second-order valence-electron chi connectivity index (χ2n) is 7.92. The third-order valence-electron chi connectivity index (χ3n) is 5.49. The third kappa shape index (κ3) is 4.77. The molecule has 27 heavy (non-hydrogen) atoms. The number of carbonyl (C=O) groups excluding carboxylic acids is 1. The van der Waals surface area contributed by atoms with Gasteiger partial charge in [0.25, 0.3) is 0 Å². The topological polar surface area (TPSA) is 78.9 Å². The van der Waals surface area contributed by atoms with E-state index in [4.69, 9.17) is 14.2 Å². The van der Waals surface area contributed by atoms with Gasteiger partial charge in [-0.15, -0.1) is 0 Å². The van der Waals surface area contributed by atoms with Crippen LogP contribution in [0.4, 0.5) is 0 Å². The number of carbonyl (C=O) groups is 1. The molecule has 2 aliphatic rings. The van der Waals surface area contributed by atoms with Crippen LogP contribution in [0.25, 0.3) is 0 Å². The van der Waals surface area contributed by atoms with E-state index in [1.165, 1.54) is 0 Å². The molecule has 0 bridgehead atoms. The third-order valence-corrected chi connectivity index (χ3v) is 7.31. The van der Waals surface area contributed by atoms with Gasteiger partial charge in [-0.2, -0.15) is 0 Å². The normalized spacial score (nSPS) is 33.2. The summed E-state index contributed by atoms with van der Waals surface area (Å²) in [4.78, 5) is 11.4. The average molecular weight is 397 g/mol. The molecule has 1 aromatic carbocycles. The predicted octanol–water partition coefficient (Wildman–Crippen LogP) is 2.61. The van der Waals surface area contributed by atoms with E-state index in [9.17, 15) is 13.2 Å². The van der Waals surface area contributed by atoms with Crippen LogP contribution >= 0.6 is 0 Å². The van der Waals surface area contributed by atoms with Crippen molar-refractivity contribution in [3.8, 4) is 0 Å². The number of sulfone groups is 1. The van der Waals surface area contributed by atoms with Crippen molar-refractivity contribution in [2.75, 3.05) is 12.4 Å². The quantitative estimate of drug-likeness (QED) is 0.659. The van der Waals surface area contributed by atoms with Crippen LogP contribution in [-0.4, -0.2) is 51.2 Å². The van der Waals surface area contributed by atoms with E-state index >= 15 is 0 Å². The molecular formula is C20H28O6S. The Bertz CT molecular complexity index is 745. The highest BCUT2D eigenvalue weighted by molar-refractivity contribution is 7.91. The lowest BCUT2D eigenvalue weighted by atomic mass is 9.87. The number of hydrogen-bond acceptors (Lipinski definition) is 6. The lowest BCUT2D eigenvalue weighted by Gasteiger charge is -2.22. The monoisotopic (exact) mass is 396 g/mol. The van der Waals surface area contributed by atoms with Crippen LogP contribution in [0.3, 0.4) is 0 Å². The van der Waals surface area contributed by atoms with E-state index in [-0.39, 0.29) is 36.2 Å². The van der Waals surface area contributed by atoms with Crippen molar-refractivity contribution in [2.45, 2.75) is 62.6 Å². The fourth-order valence-corrected chi connectivity index (χ4v) is 5.82. The predicted molar refractivity (Wildman–Crippen MR) is 100 cm³/mol. The van der Waals surface area contributed by atoms with E-state index in [2.05, 4.69) is 0 Å². The molecule has 0 aromatic heterocycles. The molecule has 0 N–H and O–H groups in total. The summed E-state index contributed by atoms with van der Waals surface area (Å²) in [6.45, 7) is 6.24. The minimum absolute atomic E-state index is 0.000694.